The van der Waals surface area contributed by atoms with Gasteiger partial charge in [-0.05, 0) is 24.6 Å². The molecule has 0 radical (unpaired) electrons. The van der Waals surface area contributed by atoms with Gasteiger partial charge in [-0.25, -0.2) is 9.97 Å². The third-order valence-corrected chi connectivity index (χ3v) is 4.07. The molecular weight excluding hydrogens is 352 g/mol. The number of nitrogen functional groups attached to an aromatic ring is 1. The van der Waals surface area contributed by atoms with Gasteiger partial charge >= 0.3 is 0 Å². The lowest BCUT2D eigenvalue weighted by Gasteiger charge is -2.16. The summed E-state index contributed by atoms with van der Waals surface area (Å²) in [4.78, 5) is 8.90. The van der Waals surface area contributed by atoms with Gasteiger partial charge in [-0.2, -0.15) is 0 Å². The molecule has 0 saturated heterocycles. The molecule has 4 nitrogen and oxygen atoms in total. The number of nitrogens with zero attached hydrogens (tertiary/aromatic N) is 2. The van der Waals surface area contributed by atoms with Crippen LogP contribution in [0.2, 0.25) is 0 Å². The molecular formula is C18H17BrN4. The van der Waals surface area contributed by atoms with Crippen molar-refractivity contribution in [1.29, 1.82) is 0 Å². The van der Waals surface area contributed by atoms with E-state index in [0.717, 1.165) is 15.7 Å². The molecule has 5 heteroatoms. The van der Waals surface area contributed by atoms with Crippen molar-refractivity contribution in [2.24, 2.45) is 0 Å². The number of anilines is 2. The summed E-state index contributed by atoms with van der Waals surface area (Å²) in [5.41, 5.74) is 8.92. The Morgan fingerprint density at radius 2 is 1.87 bits per heavy atom. The third kappa shape index (κ3) is 3.68. The fourth-order valence-corrected chi connectivity index (χ4v) is 2.72. The van der Waals surface area contributed by atoms with E-state index >= 15 is 0 Å². The van der Waals surface area contributed by atoms with Crippen molar-refractivity contribution in [3.8, 4) is 11.3 Å². The summed E-state index contributed by atoms with van der Waals surface area (Å²) in [6, 6.07) is 18.2. The maximum atomic E-state index is 5.98. The molecule has 2 aromatic carbocycles. The van der Waals surface area contributed by atoms with Gasteiger partial charge in [-0.1, -0.05) is 58.4 Å². The Morgan fingerprint density at radius 3 is 2.61 bits per heavy atom. The van der Waals surface area contributed by atoms with Crippen molar-refractivity contribution in [2.75, 3.05) is 11.1 Å². The van der Waals surface area contributed by atoms with Gasteiger partial charge in [0.25, 0.3) is 0 Å². The molecule has 1 heterocycles. The number of hydrogen-bond acceptors (Lipinski definition) is 4. The first kappa shape index (κ1) is 15.5. The van der Waals surface area contributed by atoms with E-state index in [4.69, 9.17) is 5.73 Å². The van der Waals surface area contributed by atoms with Crippen molar-refractivity contribution >= 4 is 27.6 Å². The van der Waals surface area contributed by atoms with Crippen LogP contribution in [-0.2, 0) is 0 Å². The molecule has 0 saturated carbocycles. The van der Waals surface area contributed by atoms with Gasteiger partial charge in [0, 0.05) is 10.0 Å². The van der Waals surface area contributed by atoms with Gasteiger partial charge in [0.15, 0.2) is 11.6 Å². The van der Waals surface area contributed by atoms with Crippen molar-refractivity contribution in [1.82, 2.24) is 9.97 Å². The molecule has 0 bridgehead atoms. The zero-order valence-corrected chi connectivity index (χ0v) is 14.3. The molecule has 1 atom stereocenters. The summed E-state index contributed by atoms with van der Waals surface area (Å²) in [7, 11) is 0. The van der Waals surface area contributed by atoms with Crippen molar-refractivity contribution in [2.45, 2.75) is 13.0 Å². The molecule has 0 aliphatic heterocycles. The van der Waals surface area contributed by atoms with Gasteiger partial charge < -0.3 is 11.1 Å². The lowest BCUT2D eigenvalue weighted by Crippen LogP contribution is -2.11. The summed E-state index contributed by atoms with van der Waals surface area (Å²) in [5, 5.41) is 3.34. The van der Waals surface area contributed by atoms with E-state index in [1.807, 2.05) is 42.5 Å². The Balaban J connectivity index is 1.89. The summed E-state index contributed by atoms with van der Waals surface area (Å²) < 4.78 is 1.00. The third-order valence-electron chi connectivity index (χ3n) is 3.57. The van der Waals surface area contributed by atoms with Gasteiger partial charge in [0.1, 0.15) is 0 Å². The van der Waals surface area contributed by atoms with Gasteiger partial charge in [0.2, 0.25) is 0 Å². The van der Waals surface area contributed by atoms with Gasteiger partial charge in [0.05, 0.1) is 17.9 Å². The van der Waals surface area contributed by atoms with E-state index < -0.39 is 0 Å². The van der Waals surface area contributed by atoms with E-state index in [2.05, 4.69) is 50.3 Å². The normalized spacial score (nSPS) is 11.9. The number of nitrogens with one attached hydrogen (secondary N) is 1. The Hall–Kier alpha value is -2.40. The van der Waals surface area contributed by atoms with Crippen molar-refractivity contribution in [3.05, 3.63) is 70.8 Å². The predicted molar refractivity (Wildman–Crippen MR) is 98.1 cm³/mol. The van der Waals surface area contributed by atoms with Crippen LogP contribution in [0, 0.1) is 0 Å². The van der Waals surface area contributed by atoms with E-state index in [0.29, 0.717) is 11.6 Å². The van der Waals surface area contributed by atoms with Crippen LogP contribution in [0.5, 0.6) is 0 Å². The summed E-state index contributed by atoms with van der Waals surface area (Å²) in [5.74, 6) is 0.991. The minimum absolute atomic E-state index is 0.0885. The topological polar surface area (TPSA) is 63.8 Å². The fraction of sp³-hybridized carbons (Fsp3) is 0.111. The zero-order chi connectivity index (χ0) is 16.2. The van der Waals surface area contributed by atoms with E-state index in [-0.39, 0.29) is 6.04 Å². The van der Waals surface area contributed by atoms with Crippen LogP contribution in [0.25, 0.3) is 11.3 Å². The van der Waals surface area contributed by atoms with Crippen LogP contribution in [0.3, 0.4) is 0 Å². The quantitative estimate of drug-likeness (QED) is 0.702. The molecule has 3 N–H and O–H groups in total. The Morgan fingerprint density at radius 1 is 1.09 bits per heavy atom. The molecule has 116 valence electrons. The number of rotatable bonds is 4. The Bertz CT molecular complexity index is 805. The van der Waals surface area contributed by atoms with Gasteiger partial charge in [-0.15, -0.1) is 0 Å². The lowest BCUT2D eigenvalue weighted by atomic mass is 10.1. The Kier molecular flexibility index (Phi) is 4.57. The molecule has 0 aliphatic carbocycles. The second-order valence-corrected chi connectivity index (χ2v) is 6.19. The lowest BCUT2D eigenvalue weighted by molar-refractivity contribution is 0.873. The maximum Gasteiger partial charge on any atom is 0.170 e. The average Bonchev–Trinajstić information content (AvgIpc) is 2.57. The molecule has 1 aromatic heterocycles. The highest BCUT2D eigenvalue weighted by molar-refractivity contribution is 9.10. The van der Waals surface area contributed by atoms with Crippen molar-refractivity contribution in [3.63, 3.8) is 0 Å². The van der Waals surface area contributed by atoms with Crippen LogP contribution in [0.4, 0.5) is 11.6 Å². The molecule has 0 aliphatic rings. The SMILES string of the molecule is C[C@H](Nc1nc(-c2cccc(Br)c2)cnc1N)c1ccccc1. The van der Waals surface area contributed by atoms with E-state index in [1.54, 1.807) is 6.20 Å². The highest BCUT2D eigenvalue weighted by Crippen LogP contribution is 2.26. The monoisotopic (exact) mass is 368 g/mol. The molecule has 3 rings (SSSR count). The molecule has 0 fully saturated rings. The largest absolute Gasteiger partial charge is 0.381 e. The second-order valence-electron chi connectivity index (χ2n) is 5.28. The standard InChI is InChI=1S/C18H17BrN4/c1-12(13-6-3-2-4-7-13)22-18-17(20)21-11-16(23-18)14-8-5-9-15(19)10-14/h2-12H,1H3,(H2,20,21)(H,22,23)/t12-/m0/s1. The summed E-state index contributed by atoms with van der Waals surface area (Å²) in [6.07, 6.45) is 1.69. The Labute approximate surface area is 143 Å². The minimum Gasteiger partial charge on any atom is -0.381 e. The summed E-state index contributed by atoms with van der Waals surface area (Å²) >= 11 is 3.47. The molecule has 3 aromatic rings. The zero-order valence-electron chi connectivity index (χ0n) is 12.7. The van der Waals surface area contributed by atoms with Crippen molar-refractivity contribution < 1.29 is 0 Å². The van der Waals surface area contributed by atoms with Crippen LogP contribution < -0.4 is 11.1 Å². The van der Waals surface area contributed by atoms with Crippen LogP contribution in [0.15, 0.2) is 65.3 Å². The fourth-order valence-electron chi connectivity index (χ4n) is 2.32. The molecule has 0 spiro atoms. The van der Waals surface area contributed by atoms with E-state index in [9.17, 15) is 0 Å². The average molecular weight is 369 g/mol. The first-order chi connectivity index (χ1) is 11.1. The van der Waals surface area contributed by atoms with Gasteiger partial charge in [-0.3, -0.25) is 0 Å². The number of hydrogen-bond donors (Lipinski definition) is 2. The predicted octanol–water partition coefficient (Wildman–Crippen LogP) is 4.66. The number of halogens is 1. The second kappa shape index (κ2) is 6.79. The molecule has 0 amide bonds. The first-order valence-electron chi connectivity index (χ1n) is 7.33. The molecule has 23 heavy (non-hydrogen) atoms. The van der Waals surface area contributed by atoms with Crippen LogP contribution in [0.1, 0.15) is 18.5 Å². The first-order valence-corrected chi connectivity index (χ1v) is 8.13. The maximum absolute atomic E-state index is 5.98. The number of nitrogens with two attached hydrogens (primary N) is 1. The van der Waals surface area contributed by atoms with Crippen LogP contribution >= 0.6 is 15.9 Å². The molecule has 0 unspecified atom stereocenters. The van der Waals surface area contributed by atoms with Crippen LogP contribution in [-0.4, -0.2) is 9.97 Å². The number of benzene rings is 2. The smallest absolute Gasteiger partial charge is 0.170 e. The summed E-state index contributed by atoms with van der Waals surface area (Å²) in [6.45, 7) is 2.07. The highest BCUT2D eigenvalue weighted by atomic mass is 79.9. The minimum atomic E-state index is 0.0885. The van der Waals surface area contributed by atoms with E-state index in [1.165, 1.54) is 5.56 Å². The highest BCUT2D eigenvalue weighted by Gasteiger charge is 2.11. The number of aromatic nitrogens is 2.